The number of nitrogens with zero attached hydrogens (tertiary/aromatic N) is 3. The summed E-state index contributed by atoms with van der Waals surface area (Å²) in [5, 5.41) is 6.66. The van der Waals surface area contributed by atoms with Gasteiger partial charge in [-0.15, -0.1) is 11.3 Å². The van der Waals surface area contributed by atoms with Gasteiger partial charge in [-0.2, -0.15) is 0 Å². The van der Waals surface area contributed by atoms with Crippen molar-refractivity contribution in [3.8, 4) is 0 Å². The van der Waals surface area contributed by atoms with Gasteiger partial charge >= 0.3 is 0 Å². The molecule has 1 aromatic rings. The number of thiazole rings is 1. The molecule has 0 saturated heterocycles. The van der Waals surface area contributed by atoms with Crippen molar-refractivity contribution in [1.29, 1.82) is 0 Å². The Kier molecular flexibility index (Phi) is 5.59. The van der Waals surface area contributed by atoms with E-state index < -0.39 is 0 Å². The van der Waals surface area contributed by atoms with E-state index in [-0.39, 0.29) is 0 Å². The molecule has 0 saturated carbocycles. The van der Waals surface area contributed by atoms with Crippen LogP contribution in [0.5, 0.6) is 0 Å². The van der Waals surface area contributed by atoms with Crippen LogP contribution in [0.25, 0.3) is 0 Å². The molecule has 0 spiro atoms. The zero-order valence-corrected chi connectivity index (χ0v) is 13.5. The Morgan fingerprint density at radius 3 is 3.00 bits per heavy atom. The number of aromatic nitrogens is 1. The van der Waals surface area contributed by atoms with Gasteiger partial charge < -0.3 is 10.2 Å². The van der Waals surface area contributed by atoms with Crippen LogP contribution >= 0.6 is 11.3 Å². The minimum absolute atomic E-state index is 0.798. The van der Waals surface area contributed by atoms with E-state index in [0.29, 0.717) is 0 Å². The number of allylic oxidation sites excluding steroid dienone is 1. The van der Waals surface area contributed by atoms with Gasteiger partial charge in [0, 0.05) is 26.0 Å². The topological polar surface area (TPSA) is 40.5 Å². The van der Waals surface area contributed by atoms with Crippen molar-refractivity contribution in [2.75, 3.05) is 20.6 Å². The molecule has 0 bridgehead atoms. The average Bonchev–Trinajstić information content (AvgIpc) is 3.06. The first-order valence-corrected chi connectivity index (χ1v) is 8.07. The predicted octanol–water partition coefficient (Wildman–Crippen LogP) is 2.96. The van der Waals surface area contributed by atoms with Crippen molar-refractivity contribution in [1.82, 2.24) is 15.2 Å². The van der Waals surface area contributed by atoms with E-state index in [2.05, 4.69) is 38.7 Å². The molecule has 1 N–H and O–H groups in total. The Morgan fingerprint density at radius 1 is 1.55 bits per heavy atom. The first-order chi connectivity index (χ1) is 9.69. The lowest BCUT2D eigenvalue weighted by Gasteiger charge is -2.21. The summed E-state index contributed by atoms with van der Waals surface area (Å²) in [4.78, 5) is 11.0. The standard InChI is InChI=1S/C15H24N4S/c1-12-18-14(11-20-12)10-19(3)15(16-2)17-9-8-13-6-4-5-7-13/h6,11H,4-5,7-10H2,1-3H3,(H,16,17). The quantitative estimate of drug-likeness (QED) is 0.515. The minimum atomic E-state index is 0.798. The van der Waals surface area contributed by atoms with Gasteiger partial charge in [0.05, 0.1) is 17.2 Å². The number of nitrogens with one attached hydrogen (secondary N) is 1. The van der Waals surface area contributed by atoms with Crippen LogP contribution in [-0.2, 0) is 6.54 Å². The molecule has 5 heteroatoms. The van der Waals surface area contributed by atoms with Crippen LogP contribution in [0.15, 0.2) is 22.0 Å². The molecule has 0 radical (unpaired) electrons. The molecule has 1 aromatic heterocycles. The van der Waals surface area contributed by atoms with E-state index in [1.54, 1.807) is 16.9 Å². The summed E-state index contributed by atoms with van der Waals surface area (Å²) in [6.45, 7) is 3.79. The Hall–Kier alpha value is -1.36. The summed E-state index contributed by atoms with van der Waals surface area (Å²) >= 11 is 1.69. The lowest BCUT2D eigenvalue weighted by Crippen LogP contribution is -2.39. The minimum Gasteiger partial charge on any atom is -0.356 e. The number of hydrogen-bond acceptors (Lipinski definition) is 3. The van der Waals surface area contributed by atoms with Crippen LogP contribution in [0.4, 0.5) is 0 Å². The number of rotatable bonds is 5. The molecule has 1 heterocycles. The van der Waals surface area contributed by atoms with Crippen LogP contribution in [0.2, 0.25) is 0 Å². The average molecular weight is 292 g/mol. The lowest BCUT2D eigenvalue weighted by atomic mass is 10.2. The van der Waals surface area contributed by atoms with E-state index in [9.17, 15) is 0 Å². The van der Waals surface area contributed by atoms with Gasteiger partial charge in [0.1, 0.15) is 0 Å². The molecule has 20 heavy (non-hydrogen) atoms. The second kappa shape index (κ2) is 7.43. The van der Waals surface area contributed by atoms with Gasteiger partial charge in [0.2, 0.25) is 0 Å². The highest BCUT2D eigenvalue weighted by atomic mass is 32.1. The highest BCUT2D eigenvalue weighted by molar-refractivity contribution is 7.09. The molecule has 1 aliphatic rings. The third kappa shape index (κ3) is 4.34. The Morgan fingerprint density at radius 2 is 2.40 bits per heavy atom. The molecular weight excluding hydrogens is 268 g/mol. The summed E-state index contributed by atoms with van der Waals surface area (Å²) in [6.07, 6.45) is 7.36. The van der Waals surface area contributed by atoms with E-state index in [1.165, 1.54) is 19.3 Å². The fraction of sp³-hybridized carbons (Fsp3) is 0.600. The number of aryl methyl sites for hydroxylation is 1. The summed E-state index contributed by atoms with van der Waals surface area (Å²) < 4.78 is 0. The molecule has 4 nitrogen and oxygen atoms in total. The molecule has 0 aliphatic heterocycles. The third-order valence-electron chi connectivity index (χ3n) is 3.50. The highest BCUT2D eigenvalue weighted by Gasteiger charge is 2.09. The maximum atomic E-state index is 4.50. The number of hydrogen-bond donors (Lipinski definition) is 1. The molecule has 0 unspecified atom stereocenters. The molecule has 0 fully saturated rings. The van der Waals surface area contributed by atoms with Crippen LogP contribution in [0.1, 0.15) is 36.4 Å². The predicted molar refractivity (Wildman–Crippen MR) is 86.2 cm³/mol. The zero-order valence-electron chi connectivity index (χ0n) is 12.6. The van der Waals surface area contributed by atoms with E-state index in [1.807, 2.05) is 14.0 Å². The van der Waals surface area contributed by atoms with Gasteiger partial charge in [0.25, 0.3) is 0 Å². The maximum Gasteiger partial charge on any atom is 0.193 e. The second-order valence-corrected chi connectivity index (χ2v) is 6.25. The number of guanidine groups is 1. The first kappa shape index (κ1) is 15.0. The van der Waals surface area contributed by atoms with Gasteiger partial charge in [0.15, 0.2) is 5.96 Å². The monoisotopic (exact) mass is 292 g/mol. The molecule has 0 aromatic carbocycles. The van der Waals surface area contributed by atoms with Crippen molar-refractivity contribution < 1.29 is 0 Å². The molecule has 1 aliphatic carbocycles. The van der Waals surface area contributed by atoms with Crippen molar-refractivity contribution in [2.24, 2.45) is 4.99 Å². The fourth-order valence-electron chi connectivity index (χ4n) is 2.48. The van der Waals surface area contributed by atoms with E-state index in [4.69, 9.17) is 0 Å². The highest BCUT2D eigenvalue weighted by Crippen LogP contribution is 2.19. The first-order valence-electron chi connectivity index (χ1n) is 7.19. The van der Waals surface area contributed by atoms with Crippen molar-refractivity contribution >= 4 is 17.3 Å². The summed E-state index contributed by atoms with van der Waals surface area (Å²) in [7, 11) is 3.89. The third-order valence-corrected chi connectivity index (χ3v) is 4.33. The van der Waals surface area contributed by atoms with E-state index in [0.717, 1.165) is 36.2 Å². The van der Waals surface area contributed by atoms with Crippen LogP contribution in [0.3, 0.4) is 0 Å². The van der Waals surface area contributed by atoms with Crippen molar-refractivity contribution in [3.05, 3.63) is 27.7 Å². The number of aliphatic imine (C=N–C) groups is 1. The zero-order chi connectivity index (χ0) is 14.4. The van der Waals surface area contributed by atoms with Crippen LogP contribution in [-0.4, -0.2) is 36.5 Å². The largest absolute Gasteiger partial charge is 0.356 e. The molecular formula is C15H24N4S. The van der Waals surface area contributed by atoms with Crippen molar-refractivity contribution in [2.45, 2.75) is 39.2 Å². The Balaban J connectivity index is 1.78. The summed E-state index contributed by atoms with van der Waals surface area (Å²) in [5.41, 5.74) is 2.70. The smallest absolute Gasteiger partial charge is 0.193 e. The SMILES string of the molecule is CN=C(NCCC1=CCCC1)N(C)Cc1csc(C)n1. The van der Waals surface area contributed by atoms with Gasteiger partial charge in [-0.1, -0.05) is 11.6 Å². The van der Waals surface area contributed by atoms with Gasteiger partial charge in [-0.25, -0.2) is 4.98 Å². The molecule has 2 rings (SSSR count). The normalized spacial score (nSPS) is 15.3. The van der Waals surface area contributed by atoms with Gasteiger partial charge in [-0.05, 0) is 32.6 Å². The fourth-order valence-corrected chi connectivity index (χ4v) is 3.09. The van der Waals surface area contributed by atoms with Gasteiger partial charge in [-0.3, -0.25) is 4.99 Å². The Labute approximate surface area is 125 Å². The van der Waals surface area contributed by atoms with Crippen LogP contribution < -0.4 is 5.32 Å². The maximum absolute atomic E-state index is 4.50. The summed E-state index contributed by atoms with van der Waals surface area (Å²) in [6, 6.07) is 0. The lowest BCUT2D eigenvalue weighted by molar-refractivity contribution is 0.471. The second-order valence-electron chi connectivity index (χ2n) is 5.19. The molecule has 0 atom stereocenters. The molecule has 110 valence electrons. The van der Waals surface area contributed by atoms with Crippen LogP contribution in [0, 0.1) is 6.92 Å². The molecule has 0 amide bonds. The van der Waals surface area contributed by atoms with E-state index >= 15 is 0 Å². The Bertz CT molecular complexity index is 490. The summed E-state index contributed by atoms with van der Waals surface area (Å²) in [5.74, 6) is 0.939. The van der Waals surface area contributed by atoms with Crippen molar-refractivity contribution in [3.63, 3.8) is 0 Å².